The van der Waals surface area contributed by atoms with E-state index in [1.165, 1.54) is 0 Å². The van der Waals surface area contributed by atoms with Crippen molar-refractivity contribution < 1.29 is 9.47 Å². The third-order valence-electron chi connectivity index (χ3n) is 4.43. The minimum Gasteiger partial charge on any atom is -0.494 e. The Balaban J connectivity index is 1.79. The molecule has 0 aliphatic carbocycles. The molecule has 1 aromatic carbocycles. The van der Waals surface area contributed by atoms with Crippen LogP contribution in [0.4, 0.5) is 0 Å². The number of thiophene rings is 1. The molecule has 0 saturated carbocycles. The molecule has 7 heteroatoms. The summed E-state index contributed by atoms with van der Waals surface area (Å²) in [4.78, 5) is 0. The third-order valence-corrected chi connectivity index (χ3v) is 5.13. The summed E-state index contributed by atoms with van der Waals surface area (Å²) >= 11 is 1.57. The smallest absolute Gasteiger partial charge is 0.244 e. The van der Waals surface area contributed by atoms with Crippen molar-refractivity contribution in [3.05, 3.63) is 63.7 Å². The van der Waals surface area contributed by atoms with Gasteiger partial charge in [-0.1, -0.05) is 6.92 Å². The van der Waals surface area contributed by atoms with E-state index in [4.69, 9.17) is 15.2 Å². The van der Waals surface area contributed by atoms with Crippen molar-refractivity contribution >= 4 is 11.3 Å². The van der Waals surface area contributed by atoms with Gasteiger partial charge in [0.25, 0.3) is 0 Å². The molecule has 3 aromatic rings. The molecule has 3 N–H and O–H groups in total. The van der Waals surface area contributed by atoms with Crippen molar-refractivity contribution in [2.24, 2.45) is 5.73 Å². The highest BCUT2D eigenvalue weighted by Gasteiger charge is 2.35. The number of nitrogens with one attached hydrogen (secondary N) is 1. The maximum atomic E-state index is 9.66. The van der Waals surface area contributed by atoms with Crippen LogP contribution in [-0.4, -0.2) is 16.8 Å². The molecular formula is C20H18N4O2S. The van der Waals surface area contributed by atoms with Gasteiger partial charge in [0.2, 0.25) is 11.8 Å². The molecule has 6 nitrogen and oxygen atoms in total. The highest BCUT2D eigenvalue weighted by Crippen LogP contribution is 2.46. The summed E-state index contributed by atoms with van der Waals surface area (Å²) in [6, 6.07) is 12.0. The maximum Gasteiger partial charge on any atom is 0.244 e. The van der Waals surface area contributed by atoms with E-state index in [0.717, 1.165) is 34.6 Å². The molecule has 0 saturated heterocycles. The van der Waals surface area contributed by atoms with Crippen LogP contribution in [0.3, 0.4) is 0 Å². The van der Waals surface area contributed by atoms with Crippen molar-refractivity contribution in [3.8, 4) is 29.0 Å². The lowest BCUT2D eigenvalue weighted by Crippen LogP contribution is -2.20. The van der Waals surface area contributed by atoms with Crippen LogP contribution in [0.2, 0.25) is 0 Å². The van der Waals surface area contributed by atoms with Crippen LogP contribution in [-0.2, 0) is 0 Å². The van der Waals surface area contributed by atoms with Crippen LogP contribution in [0.1, 0.15) is 30.4 Å². The fourth-order valence-corrected chi connectivity index (χ4v) is 3.86. The van der Waals surface area contributed by atoms with Crippen molar-refractivity contribution in [1.82, 2.24) is 10.2 Å². The van der Waals surface area contributed by atoms with Gasteiger partial charge in [-0.25, -0.2) is 0 Å². The number of aromatic nitrogens is 2. The second-order valence-corrected chi connectivity index (χ2v) is 6.95. The summed E-state index contributed by atoms with van der Waals surface area (Å²) in [7, 11) is 0. The topological polar surface area (TPSA) is 97.0 Å². The first-order chi connectivity index (χ1) is 13.2. The Morgan fingerprint density at radius 1 is 1.33 bits per heavy atom. The van der Waals surface area contributed by atoms with Crippen molar-refractivity contribution in [1.29, 1.82) is 5.26 Å². The van der Waals surface area contributed by atoms with E-state index >= 15 is 0 Å². The quantitative estimate of drug-likeness (QED) is 0.695. The van der Waals surface area contributed by atoms with Gasteiger partial charge in [0, 0.05) is 5.56 Å². The summed E-state index contributed by atoms with van der Waals surface area (Å²) in [6.07, 6.45) is 0.958. The van der Waals surface area contributed by atoms with E-state index in [1.54, 1.807) is 11.3 Å². The highest BCUT2D eigenvalue weighted by molar-refractivity contribution is 7.08. The molecule has 0 unspecified atom stereocenters. The predicted molar refractivity (Wildman–Crippen MR) is 103 cm³/mol. The first-order valence-corrected chi connectivity index (χ1v) is 9.58. The van der Waals surface area contributed by atoms with E-state index in [-0.39, 0.29) is 11.8 Å². The first kappa shape index (κ1) is 17.2. The van der Waals surface area contributed by atoms with Crippen LogP contribution < -0.4 is 15.2 Å². The van der Waals surface area contributed by atoms with Gasteiger partial charge in [0.1, 0.15) is 17.4 Å². The monoisotopic (exact) mass is 378 g/mol. The maximum absolute atomic E-state index is 9.66. The van der Waals surface area contributed by atoms with E-state index in [1.807, 2.05) is 41.1 Å². The Kier molecular flexibility index (Phi) is 4.57. The Hall–Kier alpha value is -3.24. The van der Waals surface area contributed by atoms with Crippen molar-refractivity contribution in [2.75, 3.05) is 6.61 Å². The number of H-pyrrole nitrogens is 1. The zero-order valence-electron chi connectivity index (χ0n) is 14.7. The minimum absolute atomic E-state index is 0.0996. The minimum atomic E-state index is -0.310. The molecule has 0 bridgehead atoms. The Morgan fingerprint density at radius 3 is 2.81 bits per heavy atom. The number of nitrogens with zero attached hydrogens (tertiary/aromatic N) is 2. The van der Waals surface area contributed by atoms with Gasteiger partial charge < -0.3 is 15.2 Å². The van der Waals surface area contributed by atoms with Gasteiger partial charge >= 0.3 is 0 Å². The molecule has 4 rings (SSSR count). The van der Waals surface area contributed by atoms with Gasteiger partial charge in [-0.05, 0) is 53.1 Å². The van der Waals surface area contributed by atoms with Crippen LogP contribution in [0, 0.1) is 11.3 Å². The second-order valence-electron chi connectivity index (χ2n) is 6.17. The molecule has 0 radical (unpaired) electrons. The molecule has 2 aromatic heterocycles. The SMILES string of the molecule is CCCOc1ccc(-c2[nH]nc3c2[C@H](c2ccsc2)C(C#N)=C(N)O3)cc1. The number of hydrogen-bond acceptors (Lipinski definition) is 6. The predicted octanol–water partition coefficient (Wildman–Crippen LogP) is 4.15. The molecule has 1 atom stereocenters. The Labute approximate surface area is 160 Å². The van der Waals surface area contributed by atoms with Gasteiger partial charge in [-0.15, -0.1) is 5.10 Å². The largest absolute Gasteiger partial charge is 0.494 e. The summed E-state index contributed by atoms with van der Waals surface area (Å²) in [5.41, 5.74) is 9.94. The van der Waals surface area contributed by atoms with Gasteiger partial charge in [0.15, 0.2) is 0 Å². The third kappa shape index (κ3) is 3.04. The van der Waals surface area contributed by atoms with E-state index in [2.05, 4.69) is 23.2 Å². The molecule has 27 heavy (non-hydrogen) atoms. The highest BCUT2D eigenvalue weighted by atomic mass is 32.1. The fourth-order valence-electron chi connectivity index (χ4n) is 3.18. The summed E-state index contributed by atoms with van der Waals surface area (Å²) in [5, 5.41) is 21.0. The number of hydrogen-bond donors (Lipinski definition) is 2. The lowest BCUT2D eigenvalue weighted by atomic mass is 9.84. The normalized spacial score (nSPS) is 15.8. The standard InChI is InChI=1S/C20H18N4O2S/c1-2-8-25-14-5-3-12(4-6-14)18-17-16(13-7-9-27-11-13)15(10-21)19(22)26-20(17)24-23-18/h3-7,9,11,16H,2,8,22H2,1H3,(H,23,24)/t16-/m1/s1. The Bertz CT molecular complexity index is 1010. The molecule has 1 aliphatic rings. The average molecular weight is 378 g/mol. The van der Waals surface area contributed by atoms with Crippen molar-refractivity contribution in [3.63, 3.8) is 0 Å². The van der Waals surface area contributed by atoms with E-state index in [0.29, 0.717) is 18.1 Å². The van der Waals surface area contributed by atoms with Crippen LogP contribution >= 0.6 is 11.3 Å². The molecule has 0 fully saturated rings. The zero-order valence-corrected chi connectivity index (χ0v) is 15.5. The fraction of sp³-hybridized carbons (Fsp3) is 0.200. The zero-order chi connectivity index (χ0) is 18.8. The number of ether oxygens (including phenoxy) is 2. The number of allylic oxidation sites excluding steroid dienone is 1. The number of nitrogens with two attached hydrogens (primary N) is 1. The summed E-state index contributed by atoms with van der Waals surface area (Å²) in [5.74, 6) is 1.02. The lowest BCUT2D eigenvalue weighted by molar-refractivity contribution is 0.317. The first-order valence-electron chi connectivity index (χ1n) is 8.64. The molecule has 136 valence electrons. The lowest BCUT2D eigenvalue weighted by Gasteiger charge is -2.23. The van der Waals surface area contributed by atoms with E-state index in [9.17, 15) is 5.26 Å². The van der Waals surface area contributed by atoms with E-state index < -0.39 is 0 Å². The van der Waals surface area contributed by atoms with Crippen molar-refractivity contribution in [2.45, 2.75) is 19.3 Å². The molecule has 1 aliphatic heterocycles. The summed E-state index contributed by atoms with van der Waals surface area (Å²) < 4.78 is 11.3. The number of fused-ring (bicyclic) bond motifs is 1. The molecule has 0 spiro atoms. The summed E-state index contributed by atoms with van der Waals surface area (Å²) in [6.45, 7) is 2.75. The number of rotatable bonds is 5. The number of aromatic amines is 1. The Morgan fingerprint density at radius 2 is 2.15 bits per heavy atom. The molecule has 0 amide bonds. The molecular weight excluding hydrogens is 360 g/mol. The van der Waals surface area contributed by atoms with Crippen LogP contribution in [0.5, 0.6) is 11.6 Å². The number of benzene rings is 1. The van der Waals surface area contributed by atoms with Crippen LogP contribution in [0.15, 0.2) is 52.5 Å². The average Bonchev–Trinajstić information content (AvgIpc) is 3.35. The van der Waals surface area contributed by atoms with Crippen LogP contribution in [0.25, 0.3) is 11.3 Å². The van der Waals surface area contributed by atoms with Gasteiger partial charge in [-0.2, -0.15) is 16.6 Å². The van der Waals surface area contributed by atoms with Gasteiger partial charge in [-0.3, -0.25) is 5.10 Å². The van der Waals surface area contributed by atoms with Gasteiger partial charge in [0.05, 0.1) is 23.8 Å². The molecule has 3 heterocycles. The second kappa shape index (κ2) is 7.17. The number of nitriles is 1.